The van der Waals surface area contributed by atoms with E-state index >= 15 is 0 Å². The molecule has 0 radical (unpaired) electrons. The monoisotopic (exact) mass is 704 g/mol. The second-order valence-electron chi connectivity index (χ2n) is 11.4. The highest BCUT2D eigenvalue weighted by Crippen LogP contribution is 2.52. The molecular weight excluding hydrogens is 646 g/mol. The number of ether oxygens (including phenoxy) is 1. The number of nitrogens with zero attached hydrogens (tertiary/aromatic N) is 2. The van der Waals surface area contributed by atoms with Crippen molar-refractivity contribution < 1.29 is 42.0 Å². The van der Waals surface area contributed by atoms with E-state index in [0.717, 1.165) is 18.8 Å². The predicted octanol–water partition coefficient (Wildman–Crippen LogP) is 8.73. The van der Waals surface area contributed by atoms with Crippen molar-refractivity contribution in [2.45, 2.75) is 97.7 Å². The van der Waals surface area contributed by atoms with Gasteiger partial charge in [0.2, 0.25) is 0 Å². The minimum atomic E-state index is -3.53. The molecule has 0 spiro atoms. The first-order valence-corrected chi connectivity index (χ1v) is 17.9. The van der Waals surface area contributed by atoms with Gasteiger partial charge in [0.15, 0.2) is 5.58 Å². The van der Waals surface area contributed by atoms with Crippen LogP contribution in [0.5, 0.6) is 0 Å². The van der Waals surface area contributed by atoms with Crippen molar-refractivity contribution in [3.63, 3.8) is 0 Å². The molecule has 6 N–H and O–H groups in total. The van der Waals surface area contributed by atoms with Gasteiger partial charge in [-0.15, -0.1) is 10.8 Å². The number of aliphatic hydroxyl groups is 1. The third-order valence-corrected chi connectivity index (χ3v) is 7.84. The summed E-state index contributed by atoms with van der Waals surface area (Å²) in [6, 6.07) is 11.6. The van der Waals surface area contributed by atoms with Crippen LogP contribution >= 0.6 is 10.8 Å². The second-order valence-corrected chi connectivity index (χ2v) is 13.4. The number of carbonyl (C=O) groups is 1. The number of oxazole rings is 1. The van der Waals surface area contributed by atoms with Crippen LogP contribution in [0, 0.1) is 12.7 Å². The van der Waals surface area contributed by atoms with Crippen LogP contribution in [-0.4, -0.2) is 85.9 Å². The van der Waals surface area contributed by atoms with E-state index in [9.17, 15) is 22.7 Å². The Bertz CT molecular complexity index is 1260. The van der Waals surface area contributed by atoms with Crippen LogP contribution in [-0.2, 0) is 4.74 Å². The van der Waals surface area contributed by atoms with E-state index in [-0.39, 0.29) is 49.4 Å². The molecule has 48 heavy (non-hydrogen) atoms. The molecule has 0 atom stereocenters. The normalized spacial score (nSPS) is 13.1. The fraction of sp³-hybridized carbons (Fsp3) is 0.588. The number of aromatic nitrogens is 1. The maximum atomic E-state index is 14.3. The summed E-state index contributed by atoms with van der Waals surface area (Å²) < 4.78 is 60.2. The van der Waals surface area contributed by atoms with Gasteiger partial charge in [0, 0.05) is 45.0 Å². The first-order valence-electron chi connectivity index (χ1n) is 16.4. The topological polar surface area (TPSA) is 161 Å². The molecule has 11 nitrogen and oxygen atoms in total. The lowest BCUT2D eigenvalue weighted by Crippen LogP contribution is -2.39. The number of carboxylic acid groups (broad SMARTS) is 1. The van der Waals surface area contributed by atoms with Crippen LogP contribution in [0.2, 0.25) is 0 Å². The number of hydrogen-bond acceptors (Lipinski definition) is 9. The zero-order valence-corrected chi connectivity index (χ0v) is 30.6. The molecule has 276 valence electrons. The minimum Gasteiger partial charge on any atom is -0.465 e. The molecule has 1 aromatic heterocycles. The second kappa shape index (κ2) is 24.2. The molecule has 0 aliphatic carbocycles. The molecule has 2 heterocycles. The summed E-state index contributed by atoms with van der Waals surface area (Å²) in [5.41, 5.74) is 0.201. The largest absolute Gasteiger partial charge is 0.465 e. The number of fused-ring (bicyclic) bond motifs is 1. The van der Waals surface area contributed by atoms with Crippen LogP contribution < -0.4 is 10.6 Å². The molecule has 2 aromatic carbocycles. The maximum Gasteiger partial charge on any atom is 0.404 e. The molecule has 1 fully saturated rings. The third kappa shape index (κ3) is 19.7. The zero-order valence-electron chi connectivity index (χ0n) is 29.8. The fourth-order valence-corrected chi connectivity index (χ4v) is 5.68. The smallest absolute Gasteiger partial charge is 0.404 e. The van der Waals surface area contributed by atoms with Crippen molar-refractivity contribution in [1.29, 1.82) is 0 Å². The van der Waals surface area contributed by atoms with Gasteiger partial charge in [-0.1, -0.05) is 26.0 Å². The summed E-state index contributed by atoms with van der Waals surface area (Å²) in [6.07, 6.45) is 3.04. The SMILES string of the molecule is C1CCOCC1.CC.CC(C)Nc1nc2ccc(S(O)(O)N(CCCNC(=O)O)CC(C)(C)F)cc2o1.CCO.Cc1cccc(F)c1. The molecule has 0 unspecified atom stereocenters. The Kier molecular flexibility index (Phi) is 22.7. The van der Waals surface area contributed by atoms with Gasteiger partial charge in [-0.2, -0.15) is 9.29 Å². The van der Waals surface area contributed by atoms with Crippen LogP contribution in [0.3, 0.4) is 0 Å². The standard InChI is InChI=1S/C18H29FN4O5S.C7H7F.C5H10O.C2H6O.C2H6/c1-12(2)21-16-22-14-7-6-13(10-15(14)28-16)29(26,27)23(11-18(3,4)19)9-5-8-20-17(24)25;1-6-3-2-4-7(8)5-6;1-2-4-6-5-3-1;1-2-3;1-2/h6-7,10,12,20,26-27H,5,8-9,11H2,1-4H3,(H,21,22)(H,24,25);2-5H,1H3;1-5H2;3H,2H2,1H3;1-2H3. The lowest BCUT2D eigenvalue weighted by Gasteiger charge is -2.44. The number of hydrogen-bond donors (Lipinski definition) is 6. The van der Waals surface area contributed by atoms with E-state index < -0.39 is 22.5 Å². The van der Waals surface area contributed by atoms with E-state index in [1.54, 1.807) is 19.1 Å². The predicted molar refractivity (Wildman–Crippen MR) is 191 cm³/mol. The van der Waals surface area contributed by atoms with Gasteiger partial charge >= 0.3 is 6.09 Å². The molecule has 1 amide bonds. The average Bonchev–Trinajstić information content (AvgIpc) is 3.42. The van der Waals surface area contributed by atoms with Crippen molar-refractivity contribution in [3.05, 3.63) is 53.8 Å². The lowest BCUT2D eigenvalue weighted by molar-refractivity contribution is 0.0968. The quantitative estimate of drug-likeness (QED) is 0.113. The number of rotatable bonds is 10. The first kappa shape index (κ1) is 45.0. The number of nitrogens with one attached hydrogen (secondary N) is 2. The number of halogens is 2. The van der Waals surface area contributed by atoms with Crippen molar-refractivity contribution >= 4 is 34.0 Å². The summed E-state index contributed by atoms with van der Waals surface area (Å²) in [7, 11) is -3.53. The Hall–Kier alpha value is -3.01. The molecule has 1 saturated heterocycles. The third-order valence-electron chi connectivity index (χ3n) is 5.92. The van der Waals surface area contributed by atoms with Gasteiger partial charge in [0.1, 0.15) is 17.0 Å². The summed E-state index contributed by atoms with van der Waals surface area (Å²) >= 11 is 0. The summed E-state index contributed by atoms with van der Waals surface area (Å²) in [5, 5.41) is 21.5. The van der Waals surface area contributed by atoms with Crippen molar-refractivity contribution in [2.24, 2.45) is 0 Å². The Morgan fingerprint density at radius 3 is 2.17 bits per heavy atom. The Labute approximate surface area is 286 Å². The number of anilines is 1. The van der Waals surface area contributed by atoms with Gasteiger partial charge in [0.25, 0.3) is 6.01 Å². The van der Waals surface area contributed by atoms with Crippen molar-refractivity contribution in [2.75, 3.05) is 44.8 Å². The van der Waals surface area contributed by atoms with E-state index in [2.05, 4.69) is 15.6 Å². The molecule has 1 aliphatic heterocycles. The molecule has 1 aliphatic rings. The Balaban J connectivity index is 0.000000934. The molecule has 4 rings (SSSR count). The van der Waals surface area contributed by atoms with E-state index in [4.69, 9.17) is 19.4 Å². The number of amides is 1. The number of aryl methyl sites for hydroxylation is 1. The van der Waals surface area contributed by atoms with Crippen molar-refractivity contribution in [3.8, 4) is 0 Å². The molecule has 0 saturated carbocycles. The minimum absolute atomic E-state index is 0.0879. The van der Waals surface area contributed by atoms with Crippen LogP contribution in [0.4, 0.5) is 19.6 Å². The lowest BCUT2D eigenvalue weighted by atomic mass is 10.2. The van der Waals surface area contributed by atoms with E-state index in [1.165, 1.54) is 61.7 Å². The number of benzene rings is 2. The number of aliphatic hydroxyl groups excluding tert-OH is 1. The highest BCUT2D eigenvalue weighted by atomic mass is 32.3. The fourth-order valence-electron chi connectivity index (χ4n) is 3.99. The molecule has 0 bridgehead atoms. The van der Waals surface area contributed by atoms with Gasteiger partial charge < -0.3 is 30.0 Å². The molecule has 14 heteroatoms. The van der Waals surface area contributed by atoms with E-state index in [1.807, 2.05) is 40.7 Å². The van der Waals surface area contributed by atoms with Gasteiger partial charge in [-0.3, -0.25) is 9.11 Å². The Morgan fingerprint density at radius 2 is 1.73 bits per heavy atom. The summed E-state index contributed by atoms with van der Waals surface area (Å²) in [6.45, 7) is 16.3. The molecular formula is C34H58F2N4O7S. The van der Waals surface area contributed by atoms with Gasteiger partial charge in [-0.05, 0) is 97.1 Å². The number of alkyl halides is 1. The highest BCUT2D eigenvalue weighted by Gasteiger charge is 2.31. The van der Waals surface area contributed by atoms with Crippen LogP contribution in [0.15, 0.2) is 51.8 Å². The Morgan fingerprint density at radius 1 is 1.10 bits per heavy atom. The van der Waals surface area contributed by atoms with Crippen molar-refractivity contribution in [1.82, 2.24) is 14.6 Å². The first-order chi connectivity index (χ1) is 22.6. The van der Waals surface area contributed by atoms with Crippen LogP contribution in [0.25, 0.3) is 11.1 Å². The summed E-state index contributed by atoms with van der Waals surface area (Å²) in [4.78, 5) is 15.0. The highest BCUT2D eigenvalue weighted by molar-refractivity contribution is 8.22. The summed E-state index contributed by atoms with van der Waals surface area (Å²) in [5.74, 6) is -0.162. The average molecular weight is 705 g/mol. The van der Waals surface area contributed by atoms with Crippen LogP contribution in [0.1, 0.15) is 79.7 Å². The van der Waals surface area contributed by atoms with Gasteiger partial charge in [0.05, 0.1) is 11.4 Å². The maximum absolute atomic E-state index is 14.3. The van der Waals surface area contributed by atoms with Gasteiger partial charge in [-0.25, -0.2) is 13.6 Å². The molecule has 3 aromatic rings. The zero-order chi connectivity index (χ0) is 36.8. The van der Waals surface area contributed by atoms with E-state index in [0.29, 0.717) is 17.1 Å².